The van der Waals surface area contributed by atoms with E-state index in [2.05, 4.69) is 17.2 Å². The van der Waals surface area contributed by atoms with Gasteiger partial charge in [-0.15, -0.1) is 11.3 Å². The summed E-state index contributed by atoms with van der Waals surface area (Å²) in [5.41, 5.74) is 0.912. The van der Waals surface area contributed by atoms with Crippen molar-refractivity contribution in [2.45, 2.75) is 40.0 Å². The first-order valence-electron chi connectivity index (χ1n) is 6.60. The summed E-state index contributed by atoms with van der Waals surface area (Å²) in [6.07, 6.45) is 3.52. The quantitative estimate of drug-likeness (QED) is 0.892. The Balaban J connectivity index is 1.97. The summed E-state index contributed by atoms with van der Waals surface area (Å²) in [5, 5.41) is 4.87. The van der Waals surface area contributed by atoms with Gasteiger partial charge in [-0.25, -0.2) is 9.78 Å². The predicted molar refractivity (Wildman–Crippen MR) is 75.2 cm³/mol. The SMILES string of the molecule is CC[C@H]1CCCN(C(=O)Nc2sc(C)nc2C)C1. The second-order valence-corrected chi connectivity index (χ2v) is 6.14. The van der Waals surface area contributed by atoms with Crippen molar-refractivity contribution < 1.29 is 4.79 Å². The Bertz CT molecular complexity index is 430. The average Bonchev–Trinajstić information content (AvgIpc) is 2.68. The lowest BCUT2D eigenvalue weighted by Crippen LogP contribution is -2.42. The molecule has 0 radical (unpaired) electrons. The summed E-state index contributed by atoms with van der Waals surface area (Å²) >= 11 is 1.54. The minimum atomic E-state index is 0.0277. The van der Waals surface area contributed by atoms with Crippen LogP contribution in [-0.4, -0.2) is 29.0 Å². The Kier molecular flexibility index (Phi) is 4.22. The monoisotopic (exact) mass is 267 g/mol. The van der Waals surface area contributed by atoms with Crippen molar-refractivity contribution in [3.63, 3.8) is 0 Å². The first kappa shape index (κ1) is 13.3. The van der Waals surface area contributed by atoms with Crippen LogP contribution in [0.3, 0.4) is 0 Å². The minimum absolute atomic E-state index is 0.0277. The zero-order valence-electron chi connectivity index (χ0n) is 11.3. The van der Waals surface area contributed by atoms with Crippen LogP contribution in [0.1, 0.15) is 36.9 Å². The number of piperidine rings is 1. The Labute approximate surface area is 112 Å². The van der Waals surface area contributed by atoms with Crippen molar-refractivity contribution in [3.05, 3.63) is 10.7 Å². The third-order valence-corrected chi connectivity index (χ3v) is 4.50. The molecule has 100 valence electrons. The number of carbonyl (C=O) groups is 1. The lowest BCUT2D eigenvalue weighted by molar-refractivity contribution is 0.176. The molecule has 0 spiro atoms. The zero-order chi connectivity index (χ0) is 13.1. The lowest BCUT2D eigenvalue weighted by atomic mass is 9.96. The van der Waals surface area contributed by atoms with Crippen LogP contribution in [0.25, 0.3) is 0 Å². The van der Waals surface area contributed by atoms with E-state index >= 15 is 0 Å². The van der Waals surface area contributed by atoms with Crippen LogP contribution in [0, 0.1) is 19.8 Å². The van der Waals surface area contributed by atoms with E-state index in [0.717, 1.165) is 41.6 Å². The number of anilines is 1. The molecule has 0 saturated carbocycles. The molecule has 1 aromatic rings. The van der Waals surface area contributed by atoms with Gasteiger partial charge in [-0.1, -0.05) is 13.3 Å². The number of hydrogen-bond donors (Lipinski definition) is 1. The third kappa shape index (κ3) is 3.02. The van der Waals surface area contributed by atoms with Crippen LogP contribution in [0.4, 0.5) is 9.80 Å². The Morgan fingerprint density at radius 2 is 2.33 bits per heavy atom. The summed E-state index contributed by atoms with van der Waals surface area (Å²) in [5.74, 6) is 0.661. The highest BCUT2D eigenvalue weighted by Crippen LogP contribution is 2.25. The zero-order valence-corrected chi connectivity index (χ0v) is 12.1. The number of thiazole rings is 1. The highest BCUT2D eigenvalue weighted by Gasteiger charge is 2.23. The van der Waals surface area contributed by atoms with Crippen LogP contribution in [0.15, 0.2) is 0 Å². The summed E-state index contributed by atoms with van der Waals surface area (Å²) < 4.78 is 0. The molecule has 1 aliphatic rings. The van der Waals surface area contributed by atoms with Gasteiger partial charge in [-0.2, -0.15) is 0 Å². The maximum Gasteiger partial charge on any atom is 0.322 e. The number of aryl methyl sites for hydroxylation is 2. The van der Waals surface area contributed by atoms with Gasteiger partial charge >= 0.3 is 6.03 Å². The van der Waals surface area contributed by atoms with Crippen molar-refractivity contribution in [1.29, 1.82) is 0 Å². The normalized spacial score (nSPS) is 19.9. The van der Waals surface area contributed by atoms with Gasteiger partial charge < -0.3 is 4.90 Å². The molecule has 2 rings (SSSR count). The Hall–Kier alpha value is -1.10. The molecule has 1 aliphatic heterocycles. The van der Waals surface area contributed by atoms with E-state index in [1.54, 1.807) is 11.3 Å². The fraction of sp³-hybridized carbons (Fsp3) is 0.692. The third-order valence-electron chi connectivity index (χ3n) is 3.51. The highest BCUT2D eigenvalue weighted by atomic mass is 32.1. The maximum atomic E-state index is 12.2. The summed E-state index contributed by atoms with van der Waals surface area (Å²) in [6.45, 7) is 7.85. The Morgan fingerprint density at radius 3 is 2.94 bits per heavy atom. The number of likely N-dealkylation sites (tertiary alicyclic amines) is 1. The second-order valence-electron chi connectivity index (χ2n) is 4.94. The molecule has 1 saturated heterocycles. The maximum absolute atomic E-state index is 12.2. The van der Waals surface area contributed by atoms with Gasteiger partial charge in [0, 0.05) is 13.1 Å². The molecule has 0 unspecified atom stereocenters. The first-order valence-corrected chi connectivity index (χ1v) is 7.41. The van der Waals surface area contributed by atoms with Crippen molar-refractivity contribution in [3.8, 4) is 0 Å². The van der Waals surface area contributed by atoms with Gasteiger partial charge in [-0.05, 0) is 32.6 Å². The Morgan fingerprint density at radius 1 is 1.56 bits per heavy atom. The predicted octanol–water partition coefficient (Wildman–Crippen LogP) is 3.41. The number of rotatable bonds is 2. The molecule has 5 heteroatoms. The number of aromatic nitrogens is 1. The van der Waals surface area contributed by atoms with Crippen LogP contribution >= 0.6 is 11.3 Å². The topological polar surface area (TPSA) is 45.2 Å². The largest absolute Gasteiger partial charge is 0.324 e. The van der Waals surface area contributed by atoms with E-state index < -0.39 is 0 Å². The molecule has 0 bridgehead atoms. The number of carbonyl (C=O) groups excluding carboxylic acids is 1. The molecule has 1 atom stereocenters. The minimum Gasteiger partial charge on any atom is -0.324 e. The molecule has 2 amide bonds. The number of amides is 2. The van der Waals surface area contributed by atoms with Crippen LogP contribution in [0.5, 0.6) is 0 Å². The van der Waals surface area contributed by atoms with E-state index in [9.17, 15) is 4.79 Å². The molecular weight excluding hydrogens is 246 g/mol. The molecule has 1 aromatic heterocycles. The molecule has 0 aliphatic carbocycles. The van der Waals surface area contributed by atoms with Gasteiger partial charge in [0.1, 0.15) is 5.00 Å². The fourth-order valence-electron chi connectivity index (χ4n) is 2.41. The summed E-state index contributed by atoms with van der Waals surface area (Å²) in [7, 11) is 0. The van der Waals surface area contributed by atoms with Crippen molar-refractivity contribution in [1.82, 2.24) is 9.88 Å². The summed E-state index contributed by atoms with van der Waals surface area (Å²) in [4.78, 5) is 18.4. The fourth-order valence-corrected chi connectivity index (χ4v) is 3.22. The number of nitrogens with zero attached hydrogens (tertiary/aromatic N) is 2. The number of urea groups is 1. The van der Waals surface area contributed by atoms with Gasteiger partial charge in [0.05, 0.1) is 10.7 Å². The van der Waals surface area contributed by atoms with Crippen molar-refractivity contribution in [2.75, 3.05) is 18.4 Å². The van der Waals surface area contributed by atoms with Gasteiger partial charge in [0.15, 0.2) is 0 Å². The molecule has 1 fully saturated rings. The number of hydrogen-bond acceptors (Lipinski definition) is 3. The smallest absolute Gasteiger partial charge is 0.322 e. The van der Waals surface area contributed by atoms with E-state index in [-0.39, 0.29) is 6.03 Å². The van der Waals surface area contributed by atoms with Gasteiger partial charge in [0.25, 0.3) is 0 Å². The lowest BCUT2D eigenvalue weighted by Gasteiger charge is -2.32. The standard InChI is InChI=1S/C13H21N3OS/c1-4-11-6-5-7-16(8-11)13(17)15-12-9(2)14-10(3)18-12/h11H,4-8H2,1-3H3,(H,15,17)/t11-/m0/s1. The van der Waals surface area contributed by atoms with Crippen LogP contribution < -0.4 is 5.32 Å². The van der Waals surface area contributed by atoms with E-state index in [0.29, 0.717) is 5.92 Å². The summed E-state index contributed by atoms with van der Waals surface area (Å²) in [6, 6.07) is 0.0277. The molecule has 4 nitrogen and oxygen atoms in total. The number of nitrogens with one attached hydrogen (secondary N) is 1. The van der Waals surface area contributed by atoms with Crippen LogP contribution in [0.2, 0.25) is 0 Å². The molecule has 18 heavy (non-hydrogen) atoms. The van der Waals surface area contributed by atoms with Crippen molar-refractivity contribution in [2.24, 2.45) is 5.92 Å². The van der Waals surface area contributed by atoms with Crippen molar-refractivity contribution >= 4 is 22.4 Å². The highest BCUT2D eigenvalue weighted by molar-refractivity contribution is 7.16. The molecule has 0 aromatic carbocycles. The van der Waals surface area contributed by atoms with Gasteiger partial charge in [-0.3, -0.25) is 5.32 Å². The molecular formula is C13H21N3OS. The molecule has 2 heterocycles. The van der Waals surface area contributed by atoms with E-state index in [1.165, 1.54) is 6.42 Å². The second kappa shape index (κ2) is 5.69. The van der Waals surface area contributed by atoms with E-state index in [1.807, 2.05) is 18.7 Å². The van der Waals surface area contributed by atoms with Gasteiger partial charge in [0.2, 0.25) is 0 Å². The first-order chi connectivity index (χ1) is 8.60. The van der Waals surface area contributed by atoms with Crippen LogP contribution in [-0.2, 0) is 0 Å². The van der Waals surface area contributed by atoms with E-state index in [4.69, 9.17) is 0 Å². The molecule has 1 N–H and O–H groups in total. The average molecular weight is 267 g/mol.